The second-order valence-corrected chi connectivity index (χ2v) is 8.25. The fraction of sp³-hybridized carbons (Fsp3) is 0.0800. The van der Waals surface area contributed by atoms with E-state index < -0.39 is 5.56 Å². The molecule has 0 saturated heterocycles. The van der Waals surface area contributed by atoms with Crippen LogP contribution in [0.2, 0.25) is 0 Å². The molecular weight excluding hydrogens is 467 g/mol. The van der Waals surface area contributed by atoms with Crippen molar-refractivity contribution in [2.24, 2.45) is 5.11 Å². The van der Waals surface area contributed by atoms with Crippen molar-refractivity contribution < 1.29 is 9.13 Å². The molecule has 1 heterocycles. The number of H-pyrrole nitrogens is 1. The Hall–Kier alpha value is -4.58. The van der Waals surface area contributed by atoms with Crippen molar-refractivity contribution in [1.29, 1.82) is 5.26 Å². The number of ether oxygens (including phenoxy) is 1. The lowest BCUT2D eigenvalue weighted by molar-refractivity contribution is 0.306. The van der Waals surface area contributed by atoms with Gasteiger partial charge in [-0.2, -0.15) is 5.26 Å². The van der Waals surface area contributed by atoms with Gasteiger partial charge in [0.15, 0.2) is 5.16 Å². The Morgan fingerprint density at radius 3 is 2.40 bits per heavy atom. The van der Waals surface area contributed by atoms with Crippen LogP contribution in [0.5, 0.6) is 5.75 Å². The molecule has 4 aromatic rings. The van der Waals surface area contributed by atoms with Gasteiger partial charge in [0.05, 0.1) is 5.69 Å². The smallest absolute Gasteiger partial charge is 0.270 e. The molecule has 1 aromatic heterocycles. The molecule has 172 valence electrons. The fourth-order valence-electron chi connectivity index (χ4n) is 3.15. The average Bonchev–Trinajstić information content (AvgIpc) is 2.88. The number of aromatic amines is 1. The Balaban J connectivity index is 1.50. The maximum absolute atomic E-state index is 13.0. The van der Waals surface area contributed by atoms with E-state index in [1.54, 1.807) is 48.5 Å². The summed E-state index contributed by atoms with van der Waals surface area (Å²) in [6.07, 6.45) is 0. The van der Waals surface area contributed by atoms with Crippen LogP contribution in [0.3, 0.4) is 0 Å². The van der Waals surface area contributed by atoms with Gasteiger partial charge in [-0.05, 0) is 53.1 Å². The quantitative estimate of drug-likeness (QED) is 0.104. The molecule has 0 bridgehead atoms. The number of benzene rings is 3. The van der Waals surface area contributed by atoms with E-state index in [4.69, 9.17) is 10.3 Å². The first-order valence-electron chi connectivity index (χ1n) is 10.3. The van der Waals surface area contributed by atoms with Gasteiger partial charge in [0.2, 0.25) is 0 Å². The minimum atomic E-state index is -0.518. The third kappa shape index (κ3) is 6.06. The summed E-state index contributed by atoms with van der Waals surface area (Å²) < 4.78 is 18.8. The largest absolute Gasteiger partial charge is 0.489 e. The summed E-state index contributed by atoms with van der Waals surface area (Å²) in [6.45, 7) is 0.275. The number of nitrogens with zero attached hydrogens (tertiary/aromatic N) is 5. The standard InChI is InChI=1S/C25H17FN6O2S/c26-19-7-1-16(2-8-19)14-34-21-11-5-18(6-12-21)23-22(13-27)24(33)30-25(29-23)35-15-17-3-9-20(10-4-17)31-32-28/h1-12H,14-15H2,(H,29,30,33). The van der Waals surface area contributed by atoms with Crippen molar-refractivity contribution in [2.75, 3.05) is 0 Å². The van der Waals surface area contributed by atoms with Crippen molar-refractivity contribution in [1.82, 2.24) is 9.97 Å². The van der Waals surface area contributed by atoms with Crippen LogP contribution in [-0.4, -0.2) is 9.97 Å². The first-order chi connectivity index (χ1) is 17.1. The Morgan fingerprint density at radius 1 is 1.06 bits per heavy atom. The fourth-order valence-corrected chi connectivity index (χ4v) is 3.97. The number of halogens is 1. The zero-order chi connectivity index (χ0) is 24.6. The minimum absolute atomic E-state index is 0.0759. The molecule has 0 fully saturated rings. The van der Waals surface area contributed by atoms with Gasteiger partial charge >= 0.3 is 0 Å². The number of thioether (sulfide) groups is 1. The molecule has 0 amide bonds. The molecule has 0 atom stereocenters. The van der Waals surface area contributed by atoms with Crippen LogP contribution in [0.4, 0.5) is 10.1 Å². The van der Waals surface area contributed by atoms with Crippen LogP contribution in [0.1, 0.15) is 16.7 Å². The molecule has 1 N–H and O–H groups in total. The lowest BCUT2D eigenvalue weighted by Crippen LogP contribution is -2.14. The number of aromatic nitrogens is 2. The summed E-state index contributed by atoms with van der Waals surface area (Å²) in [5, 5.41) is 13.4. The van der Waals surface area contributed by atoms with Crippen LogP contribution < -0.4 is 10.3 Å². The summed E-state index contributed by atoms with van der Waals surface area (Å²) >= 11 is 1.31. The summed E-state index contributed by atoms with van der Waals surface area (Å²) in [6, 6.07) is 21.9. The monoisotopic (exact) mass is 484 g/mol. The van der Waals surface area contributed by atoms with Crippen LogP contribution >= 0.6 is 11.8 Å². The van der Waals surface area contributed by atoms with Crippen LogP contribution in [0.25, 0.3) is 21.7 Å². The molecule has 0 unspecified atom stereocenters. The highest BCUT2D eigenvalue weighted by Crippen LogP contribution is 2.26. The number of hydrogen-bond acceptors (Lipinski definition) is 6. The SMILES string of the molecule is N#Cc1c(-c2ccc(OCc3ccc(F)cc3)cc2)nc(SCc2ccc(N=[N+]=[N-])cc2)[nH]c1=O. The van der Waals surface area contributed by atoms with Crippen molar-refractivity contribution in [3.05, 3.63) is 116 Å². The third-order valence-corrected chi connectivity index (χ3v) is 5.87. The first kappa shape index (κ1) is 23.6. The first-order valence-corrected chi connectivity index (χ1v) is 11.3. The molecule has 0 radical (unpaired) electrons. The Kier molecular flexibility index (Phi) is 7.43. The molecule has 4 rings (SSSR count). The van der Waals surface area contributed by atoms with Gasteiger partial charge in [-0.25, -0.2) is 9.37 Å². The summed E-state index contributed by atoms with van der Waals surface area (Å²) in [7, 11) is 0. The lowest BCUT2D eigenvalue weighted by atomic mass is 10.1. The molecule has 35 heavy (non-hydrogen) atoms. The topological polar surface area (TPSA) is 128 Å². The van der Waals surface area contributed by atoms with Crippen LogP contribution in [-0.2, 0) is 12.4 Å². The van der Waals surface area contributed by atoms with Gasteiger partial charge in [0.1, 0.15) is 29.8 Å². The maximum atomic E-state index is 13.0. The van der Waals surface area contributed by atoms with E-state index in [0.717, 1.165) is 11.1 Å². The summed E-state index contributed by atoms with van der Waals surface area (Å²) in [4.78, 5) is 22.4. The number of hydrogen-bond donors (Lipinski definition) is 1. The van der Waals surface area contributed by atoms with Crippen LogP contribution in [0, 0.1) is 17.1 Å². The number of azide groups is 1. The lowest BCUT2D eigenvalue weighted by Gasteiger charge is -2.09. The Morgan fingerprint density at radius 2 is 1.74 bits per heavy atom. The van der Waals surface area contributed by atoms with Crippen molar-refractivity contribution in [3.63, 3.8) is 0 Å². The predicted octanol–water partition coefficient (Wildman–Crippen LogP) is 6.26. The highest BCUT2D eigenvalue weighted by molar-refractivity contribution is 7.98. The molecule has 10 heteroatoms. The normalized spacial score (nSPS) is 10.3. The van der Waals surface area contributed by atoms with Gasteiger partial charge in [0.25, 0.3) is 5.56 Å². The molecule has 0 aliphatic rings. The van der Waals surface area contributed by atoms with Crippen molar-refractivity contribution >= 4 is 17.4 Å². The van der Waals surface area contributed by atoms with Crippen molar-refractivity contribution in [2.45, 2.75) is 17.5 Å². The van der Waals surface area contributed by atoms with Crippen LogP contribution in [0.15, 0.2) is 87.9 Å². The zero-order valence-corrected chi connectivity index (χ0v) is 19.0. The highest BCUT2D eigenvalue weighted by Gasteiger charge is 2.14. The molecule has 0 aliphatic heterocycles. The van der Waals surface area contributed by atoms with Gasteiger partial charge < -0.3 is 9.72 Å². The second kappa shape index (κ2) is 11.0. The third-order valence-electron chi connectivity index (χ3n) is 4.93. The molecule has 0 spiro atoms. The highest BCUT2D eigenvalue weighted by atomic mass is 32.2. The van der Waals surface area contributed by atoms with Gasteiger partial charge in [0, 0.05) is 21.9 Å². The molecule has 0 saturated carbocycles. The number of nitriles is 1. The Labute approximate surface area is 203 Å². The van der Waals surface area contributed by atoms with E-state index in [1.165, 1.54) is 23.9 Å². The van der Waals surface area contributed by atoms with Gasteiger partial charge in [-0.15, -0.1) is 0 Å². The Bertz CT molecular complexity index is 1470. The average molecular weight is 485 g/mol. The molecule has 0 aliphatic carbocycles. The van der Waals surface area contributed by atoms with E-state index in [2.05, 4.69) is 20.0 Å². The van der Waals surface area contributed by atoms with Gasteiger partial charge in [-0.1, -0.05) is 53.3 Å². The number of nitrogens with one attached hydrogen (secondary N) is 1. The number of rotatable bonds is 8. The summed E-state index contributed by atoms with van der Waals surface area (Å²) in [5.41, 5.74) is 11.1. The zero-order valence-electron chi connectivity index (χ0n) is 18.2. The maximum Gasteiger partial charge on any atom is 0.270 e. The van der Waals surface area contributed by atoms with E-state index in [-0.39, 0.29) is 23.7 Å². The van der Waals surface area contributed by atoms with Crippen molar-refractivity contribution in [3.8, 4) is 23.1 Å². The molecule has 3 aromatic carbocycles. The molecular formula is C25H17FN6O2S. The van der Waals surface area contributed by atoms with E-state index in [1.807, 2.05) is 18.2 Å². The second-order valence-electron chi connectivity index (χ2n) is 7.29. The van der Waals surface area contributed by atoms with E-state index in [9.17, 15) is 14.4 Å². The van der Waals surface area contributed by atoms with E-state index in [0.29, 0.717) is 27.9 Å². The summed E-state index contributed by atoms with van der Waals surface area (Å²) in [5.74, 6) is 0.791. The predicted molar refractivity (Wildman–Crippen MR) is 131 cm³/mol. The molecule has 8 nitrogen and oxygen atoms in total. The minimum Gasteiger partial charge on any atom is -0.489 e. The van der Waals surface area contributed by atoms with E-state index >= 15 is 0 Å². The van der Waals surface area contributed by atoms with Gasteiger partial charge in [-0.3, -0.25) is 4.79 Å².